The molecule has 0 saturated carbocycles. The normalized spacial score (nSPS) is 10.5. The molecule has 0 unspecified atom stereocenters. The van der Waals surface area contributed by atoms with E-state index in [0.717, 1.165) is 28.5 Å². The molecule has 0 amide bonds. The number of benzene rings is 1. The first-order valence-corrected chi connectivity index (χ1v) is 6.99. The highest BCUT2D eigenvalue weighted by molar-refractivity contribution is 7.07. The summed E-state index contributed by atoms with van der Waals surface area (Å²) in [7, 11) is 2.00. The fourth-order valence-electron chi connectivity index (χ4n) is 1.59. The van der Waals surface area contributed by atoms with Crippen LogP contribution in [0.5, 0.6) is 0 Å². The van der Waals surface area contributed by atoms with E-state index in [9.17, 15) is 0 Å². The van der Waals surface area contributed by atoms with Crippen LogP contribution in [0.3, 0.4) is 0 Å². The van der Waals surface area contributed by atoms with Gasteiger partial charge in [0.15, 0.2) is 0 Å². The number of aromatic nitrogens is 1. The smallest absolute Gasteiger partial charge is 0.0795 e. The Morgan fingerprint density at radius 1 is 1.41 bits per heavy atom. The minimum absolute atomic E-state index is 0.482. The second-order valence-corrected chi connectivity index (χ2v) is 5.15. The zero-order valence-corrected chi connectivity index (χ0v) is 11.7. The predicted molar refractivity (Wildman–Crippen MR) is 75.2 cm³/mol. The van der Waals surface area contributed by atoms with Crippen LogP contribution in [-0.4, -0.2) is 12.0 Å². The molecule has 0 saturated heterocycles. The van der Waals surface area contributed by atoms with E-state index in [2.05, 4.69) is 9.88 Å². The van der Waals surface area contributed by atoms with Gasteiger partial charge < -0.3 is 4.90 Å². The number of alkyl halides is 1. The maximum Gasteiger partial charge on any atom is 0.0795 e. The molecule has 2 nitrogen and oxygen atoms in total. The first kappa shape index (κ1) is 12.7. The van der Waals surface area contributed by atoms with Crippen LogP contribution in [0.2, 0.25) is 5.02 Å². The van der Waals surface area contributed by atoms with Gasteiger partial charge in [-0.05, 0) is 17.7 Å². The molecule has 0 fully saturated rings. The van der Waals surface area contributed by atoms with E-state index < -0.39 is 0 Å². The average Bonchev–Trinajstić information content (AvgIpc) is 2.81. The molecule has 5 heteroatoms. The maximum atomic E-state index is 6.23. The Kier molecular flexibility index (Phi) is 4.26. The van der Waals surface area contributed by atoms with E-state index in [4.69, 9.17) is 23.2 Å². The second kappa shape index (κ2) is 5.71. The Labute approximate surface area is 115 Å². The molecule has 1 aromatic carbocycles. The maximum absolute atomic E-state index is 6.23. The van der Waals surface area contributed by atoms with Gasteiger partial charge in [0.2, 0.25) is 0 Å². The van der Waals surface area contributed by atoms with Crippen molar-refractivity contribution in [1.29, 1.82) is 0 Å². The summed E-state index contributed by atoms with van der Waals surface area (Å²) in [6.45, 7) is 0.753. The highest BCUT2D eigenvalue weighted by atomic mass is 35.5. The van der Waals surface area contributed by atoms with Crippen molar-refractivity contribution in [2.45, 2.75) is 12.4 Å². The van der Waals surface area contributed by atoms with Crippen molar-refractivity contribution in [2.75, 3.05) is 11.9 Å². The Balaban J connectivity index is 2.16. The number of thiazole rings is 1. The molecule has 2 aromatic rings. The summed E-state index contributed by atoms with van der Waals surface area (Å²) < 4.78 is 0. The third-order valence-corrected chi connectivity index (χ3v) is 3.71. The van der Waals surface area contributed by atoms with Gasteiger partial charge in [0, 0.05) is 18.3 Å². The predicted octanol–water partition coefficient (Wildman–Crippen LogP) is 4.17. The van der Waals surface area contributed by atoms with E-state index in [1.807, 2.05) is 36.1 Å². The van der Waals surface area contributed by atoms with E-state index in [0.29, 0.717) is 5.88 Å². The second-order valence-electron chi connectivity index (χ2n) is 3.76. The molecule has 0 N–H and O–H groups in total. The third-order valence-electron chi connectivity index (χ3n) is 2.46. The van der Waals surface area contributed by atoms with E-state index >= 15 is 0 Å². The van der Waals surface area contributed by atoms with Gasteiger partial charge in [0.25, 0.3) is 0 Å². The van der Waals surface area contributed by atoms with Crippen molar-refractivity contribution in [1.82, 2.24) is 4.98 Å². The summed E-state index contributed by atoms with van der Waals surface area (Å²) in [4.78, 5) is 6.34. The number of hydrogen-bond acceptors (Lipinski definition) is 3. The van der Waals surface area contributed by atoms with Gasteiger partial charge in [-0.25, -0.2) is 4.98 Å². The first-order chi connectivity index (χ1) is 8.20. The molecule has 0 aliphatic carbocycles. The zero-order chi connectivity index (χ0) is 12.3. The van der Waals surface area contributed by atoms with Gasteiger partial charge in [-0.1, -0.05) is 17.7 Å². The van der Waals surface area contributed by atoms with Crippen molar-refractivity contribution in [2.24, 2.45) is 0 Å². The highest BCUT2D eigenvalue weighted by Crippen LogP contribution is 2.27. The lowest BCUT2D eigenvalue weighted by Gasteiger charge is -2.19. The van der Waals surface area contributed by atoms with Gasteiger partial charge in [0.05, 0.1) is 28.5 Å². The molecule has 0 radical (unpaired) electrons. The number of nitrogens with zero attached hydrogens (tertiary/aromatic N) is 2. The standard InChI is InChI=1S/C12H12Cl2N2S/c1-16(6-10-7-17-8-15-10)12-3-2-9(5-13)4-11(12)14/h2-4,7-8H,5-6H2,1H3. The van der Waals surface area contributed by atoms with E-state index in [1.165, 1.54) is 0 Å². The van der Waals surface area contributed by atoms with Gasteiger partial charge in [-0.15, -0.1) is 22.9 Å². The summed E-state index contributed by atoms with van der Waals surface area (Å²) in [6.07, 6.45) is 0. The van der Waals surface area contributed by atoms with Crippen molar-refractivity contribution >= 4 is 40.2 Å². The summed E-state index contributed by atoms with van der Waals surface area (Å²) in [5.74, 6) is 0.482. The van der Waals surface area contributed by atoms with Gasteiger partial charge in [-0.2, -0.15) is 0 Å². The number of halogens is 2. The van der Waals surface area contributed by atoms with Crippen LogP contribution in [0.15, 0.2) is 29.1 Å². The topological polar surface area (TPSA) is 16.1 Å². The van der Waals surface area contributed by atoms with Crippen LogP contribution in [0.25, 0.3) is 0 Å². The Morgan fingerprint density at radius 3 is 2.82 bits per heavy atom. The van der Waals surface area contributed by atoms with Crippen LogP contribution in [0.1, 0.15) is 11.3 Å². The quantitative estimate of drug-likeness (QED) is 0.784. The lowest BCUT2D eigenvalue weighted by molar-refractivity contribution is 0.894. The summed E-state index contributed by atoms with van der Waals surface area (Å²) in [6, 6.07) is 5.89. The minimum Gasteiger partial charge on any atom is -0.367 e. The molecule has 90 valence electrons. The molecule has 2 rings (SSSR count). The van der Waals surface area contributed by atoms with Crippen molar-refractivity contribution in [3.05, 3.63) is 45.4 Å². The third kappa shape index (κ3) is 3.12. The van der Waals surface area contributed by atoms with Crippen LogP contribution in [0.4, 0.5) is 5.69 Å². The molecule has 1 heterocycles. The summed E-state index contributed by atoms with van der Waals surface area (Å²) in [5, 5.41) is 2.76. The van der Waals surface area contributed by atoms with Gasteiger partial charge in [0.1, 0.15) is 0 Å². The van der Waals surface area contributed by atoms with Crippen molar-refractivity contribution < 1.29 is 0 Å². The fraction of sp³-hybridized carbons (Fsp3) is 0.250. The molecule has 0 atom stereocenters. The SMILES string of the molecule is CN(Cc1cscn1)c1ccc(CCl)cc1Cl. The molecule has 0 spiro atoms. The molecular weight excluding hydrogens is 275 g/mol. The molecule has 17 heavy (non-hydrogen) atoms. The summed E-state index contributed by atoms with van der Waals surface area (Å²) in [5.41, 5.74) is 4.91. The zero-order valence-electron chi connectivity index (χ0n) is 9.36. The molecule has 0 bridgehead atoms. The fourth-order valence-corrected chi connectivity index (χ4v) is 2.65. The van der Waals surface area contributed by atoms with Gasteiger partial charge in [-0.3, -0.25) is 0 Å². The number of rotatable bonds is 4. The highest BCUT2D eigenvalue weighted by Gasteiger charge is 2.08. The van der Waals surface area contributed by atoms with E-state index in [1.54, 1.807) is 11.3 Å². The molecule has 0 aliphatic heterocycles. The number of anilines is 1. The van der Waals surface area contributed by atoms with Crippen molar-refractivity contribution in [3.63, 3.8) is 0 Å². The van der Waals surface area contributed by atoms with Crippen molar-refractivity contribution in [3.8, 4) is 0 Å². The van der Waals surface area contributed by atoms with Gasteiger partial charge >= 0.3 is 0 Å². The van der Waals surface area contributed by atoms with Crippen LogP contribution >= 0.6 is 34.5 Å². The largest absolute Gasteiger partial charge is 0.367 e. The van der Waals surface area contributed by atoms with E-state index in [-0.39, 0.29) is 0 Å². The Bertz CT molecular complexity index is 485. The first-order valence-electron chi connectivity index (χ1n) is 5.13. The van der Waals surface area contributed by atoms with Crippen LogP contribution in [0, 0.1) is 0 Å². The minimum atomic E-state index is 0.482. The Hall–Kier alpha value is -0.770. The van der Waals surface area contributed by atoms with Crippen LogP contribution < -0.4 is 4.90 Å². The van der Waals surface area contributed by atoms with Crippen LogP contribution in [-0.2, 0) is 12.4 Å². The molecular formula is C12H12Cl2N2S. The summed E-state index contributed by atoms with van der Waals surface area (Å²) >= 11 is 13.6. The lowest BCUT2D eigenvalue weighted by atomic mass is 10.2. The molecule has 1 aromatic heterocycles. The Morgan fingerprint density at radius 2 is 2.24 bits per heavy atom. The average molecular weight is 287 g/mol. The molecule has 0 aliphatic rings. The number of hydrogen-bond donors (Lipinski definition) is 0. The monoisotopic (exact) mass is 286 g/mol. The lowest BCUT2D eigenvalue weighted by Crippen LogP contribution is -2.16.